The van der Waals surface area contributed by atoms with Crippen molar-refractivity contribution in [2.75, 3.05) is 4.90 Å². The van der Waals surface area contributed by atoms with Gasteiger partial charge in [0, 0.05) is 38.2 Å². The van der Waals surface area contributed by atoms with Crippen LogP contribution in [0.15, 0.2) is 174 Å². The van der Waals surface area contributed by atoms with Gasteiger partial charge in [-0.1, -0.05) is 133 Å². The second-order valence-electron chi connectivity index (χ2n) is 12.8. The van der Waals surface area contributed by atoms with E-state index in [9.17, 15) is 0 Å². The van der Waals surface area contributed by atoms with Gasteiger partial charge in [0.1, 0.15) is 11.2 Å². The quantitative estimate of drug-likeness (QED) is 0.187. The van der Waals surface area contributed by atoms with Gasteiger partial charge in [0.05, 0.1) is 29.5 Å². The fourth-order valence-electron chi connectivity index (χ4n) is 7.70. The molecular formula is C47H28N4O. The molecule has 10 aromatic rings. The molecule has 0 atom stereocenters. The molecule has 11 rings (SSSR count). The van der Waals surface area contributed by atoms with Crippen molar-refractivity contribution in [1.29, 1.82) is 0 Å². The molecule has 242 valence electrons. The Hall–Kier alpha value is -7.11. The third kappa shape index (κ3) is 4.26. The summed E-state index contributed by atoms with van der Waals surface area (Å²) in [4.78, 5) is 17.1. The standard InChI is InChI=1S/C47H28N4O/c1-2-13-30(14-3-1)45-48-46(50-47(49-45)38-23-12-22-36-34-20-7-9-26-42(34)52-44(36)38)37-27-28-40(32-18-5-4-17-31(32)37)51-39-24-8-6-19-33(39)35-21-10-15-29-16-11-25-41(51)43(29)35/h1-28H/i1D,2D,3D,13D,14D. The van der Waals surface area contributed by atoms with Crippen molar-refractivity contribution in [3.8, 4) is 45.3 Å². The maximum Gasteiger partial charge on any atom is 0.167 e. The summed E-state index contributed by atoms with van der Waals surface area (Å²) in [6.45, 7) is 0. The fraction of sp³-hybridized carbons (Fsp3) is 0. The zero-order chi connectivity index (χ0) is 38.5. The number of furan rings is 1. The monoisotopic (exact) mass is 669 g/mol. The van der Waals surface area contributed by atoms with Crippen molar-refractivity contribution >= 4 is 60.5 Å². The zero-order valence-corrected chi connectivity index (χ0v) is 27.5. The molecule has 0 saturated heterocycles. The van der Waals surface area contributed by atoms with Crippen LogP contribution in [0.5, 0.6) is 0 Å². The van der Waals surface area contributed by atoms with E-state index in [-0.39, 0.29) is 23.0 Å². The smallest absolute Gasteiger partial charge is 0.167 e. The molecule has 8 aromatic carbocycles. The second-order valence-corrected chi connectivity index (χ2v) is 12.8. The lowest BCUT2D eigenvalue weighted by Gasteiger charge is -2.34. The minimum Gasteiger partial charge on any atom is -0.455 e. The Morgan fingerprint density at radius 1 is 0.442 bits per heavy atom. The number of hydrogen-bond acceptors (Lipinski definition) is 5. The summed E-state index contributed by atoms with van der Waals surface area (Å²) in [7, 11) is 0. The Morgan fingerprint density at radius 3 is 1.96 bits per heavy atom. The largest absolute Gasteiger partial charge is 0.455 e. The van der Waals surface area contributed by atoms with E-state index in [1.54, 1.807) is 0 Å². The third-order valence-electron chi connectivity index (χ3n) is 9.95. The number of nitrogens with zero attached hydrogens (tertiary/aromatic N) is 4. The van der Waals surface area contributed by atoms with Crippen molar-refractivity contribution in [3.05, 3.63) is 170 Å². The van der Waals surface area contributed by atoms with E-state index in [0.29, 0.717) is 22.3 Å². The highest BCUT2D eigenvalue weighted by molar-refractivity contribution is 6.16. The fourth-order valence-corrected chi connectivity index (χ4v) is 7.70. The molecule has 1 aliphatic rings. The van der Waals surface area contributed by atoms with Crippen LogP contribution in [0, 0.1) is 0 Å². The molecular weight excluding hydrogens is 637 g/mol. The van der Waals surface area contributed by atoms with Gasteiger partial charge < -0.3 is 9.32 Å². The highest BCUT2D eigenvalue weighted by Crippen LogP contribution is 2.52. The van der Waals surface area contributed by atoms with Crippen molar-refractivity contribution in [3.63, 3.8) is 0 Å². The van der Waals surface area contributed by atoms with Crippen molar-refractivity contribution in [2.45, 2.75) is 0 Å². The molecule has 0 saturated carbocycles. The molecule has 0 unspecified atom stereocenters. The molecule has 3 heterocycles. The van der Waals surface area contributed by atoms with Gasteiger partial charge in [-0.2, -0.15) is 0 Å². The number of fused-ring (bicyclic) bond motifs is 6. The lowest BCUT2D eigenvalue weighted by Crippen LogP contribution is -2.15. The molecule has 2 aromatic heterocycles. The van der Waals surface area contributed by atoms with Gasteiger partial charge in [0.25, 0.3) is 0 Å². The van der Waals surface area contributed by atoms with E-state index in [0.717, 1.165) is 49.6 Å². The first kappa shape index (κ1) is 24.1. The van der Waals surface area contributed by atoms with Crippen molar-refractivity contribution in [1.82, 2.24) is 15.0 Å². The maximum absolute atomic E-state index is 8.86. The van der Waals surface area contributed by atoms with Gasteiger partial charge in [-0.05, 0) is 52.7 Å². The van der Waals surface area contributed by atoms with E-state index < -0.39 is 30.2 Å². The Labute approximate surface area is 306 Å². The number of hydrogen-bond donors (Lipinski definition) is 0. The van der Waals surface area contributed by atoms with Crippen LogP contribution in [0.2, 0.25) is 0 Å². The van der Waals surface area contributed by atoms with Crippen molar-refractivity contribution < 1.29 is 11.3 Å². The summed E-state index contributed by atoms with van der Waals surface area (Å²) >= 11 is 0. The van der Waals surface area contributed by atoms with E-state index in [2.05, 4.69) is 77.7 Å². The summed E-state index contributed by atoms with van der Waals surface area (Å²) in [5.41, 5.74) is 7.87. The van der Waals surface area contributed by atoms with E-state index in [4.69, 9.17) is 26.2 Å². The number of aromatic nitrogens is 3. The predicted molar refractivity (Wildman–Crippen MR) is 212 cm³/mol. The molecule has 0 aliphatic carbocycles. The van der Waals surface area contributed by atoms with Gasteiger partial charge in [0.2, 0.25) is 0 Å². The first-order chi connectivity index (χ1) is 27.9. The molecule has 5 heteroatoms. The topological polar surface area (TPSA) is 55.1 Å². The predicted octanol–water partition coefficient (Wildman–Crippen LogP) is 12.5. The molecule has 52 heavy (non-hydrogen) atoms. The van der Waals surface area contributed by atoms with Gasteiger partial charge in [0.15, 0.2) is 17.5 Å². The van der Waals surface area contributed by atoms with E-state index in [1.165, 1.54) is 10.9 Å². The Kier molecular flexibility index (Phi) is 5.19. The summed E-state index contributed by atoms with van der Waals surface area (Å²) in [5, 5.41) is 5.97. The highest BCUT2D eigenvalue weighted by atomic mass is 16.3. The van der Waals surface area contributed by atoms with E-state index in [1.807, 2.05) is 66.7 Å². The summed E-state index contributed by atoms with van der Waals surface area (Å²) in [5.74, 6) is 0.485. The average molecular weight is 670 g/mol. The number of rotatable bonds is 4. The van der Waals surface area contributed by atoms with Crippen LogP contribution in [-0.4, -0.2) is 15.0 Å². The first-order valence-electron chi connectivity index (χ1n) is 19.5. The highest BCUT2D eigenvalue weighted by Gasteiger charge is 2.27. The Balaban J connectivity index is 1.18. The first-order valence-corrected chi connectivity index (χ1v) is 17.0. The Morgan fingerprint density at radius 2 is 1.08 bits per heavy atom. The van der Waals surface area contributed by atoms with Gasteiger partial charge in [-0.3, -0.25) is 0 Å². The molecule has 1 aliphatic heterocycles. The molecule has 0 bridgehead atoms. The van der Waals surface area contributed by atoms with Crippen LogP contribution in [0.3, 0.4) is 0 Å². The third-order valence-corrected chi connectivity index (χ3v) is 9.95. The molecule has 0 fully saturated rings. The van der Waals surface area contributed by atoms with Gasteiger partial charge in [-0.25, -0.2) is 15.0 Å². The maximum atomic E-state index is 8.86. The average Bonchev–Trinajstić information content (AvgIpc) is 3.64. The minimum absolute atomic E-state index is 0.0403. The molecule has 0 radical (unpaired) electrons. The van der Waals surface area contributed by atoms with Crippen LogP contribution < -0.4 is 4.90 Å². The van der Waals surface area contributed by atoms with Crippen molar-refractivity contribution in [2.24, 2.45) is 0 Å². The minimum atomic E-state index is -0.491. The van der Waals surface area contributed by atoms with E-state index >= 15 is 0 Å². The summed E-state index contributed by atoms with van der Waals surface area (Å²) < 4.78 is 49.3. The van der Waals surface area contributed by atoms with Crippen LogP contribution >= 0.6 is 0 Å². The van der Waals surface area contributed by atoms with Crippen LogP contribution in [0.25, 0.3) is 88.8 Å². The summed E-state index contributed by atoms with van der Waals surface area (Å²) in [6.07, 6.45) is 0. The lowest BCUT2D eigenvalue weighted by atomic mass is 9.90. The number of para-hydroxylation sites is 3. The zero-order valence-electron chi connectivity index (χ0n) is 32.5. The van der Waals surface area contributed by atoms with Crippen LogP contribution in [-0.2, 0) is 0 Å². The lowest BCUT2D eigenvalue weighted by molar-refractivity contribution is 0.669. The van der Waals surface area contributed by atoms with Gasteiger partial charge in [-0.15, -0.1) is 0 Å². The number of benzene rings is 8. The molecule has 0 amide bonds. The Bertz CT molecular complexity index is 3310. The SMILES string of the molecule is [2H]c1c([2H])c([2H])c(-c2nc(-c3ccc(N4c5ccccc5-c5cccc6cccc4c56)c4ccccc34)nc(-c3cccc4c3oc3ccccc34)n2)c([2H])c1[2H]. The molecule has 0 N–H and O–H groups in total. The normalized spacial score (nSPS) is 13.5. The van der Waals surface area contributed by atoms with Gasteiger partial charge >= 0.3 is 0 Å². The summed E-state index contributed by atoms with van der Waals surface area (Å²) in [6, 6.07) is 44.8. The second kappa shape index (κ2) is 11.2. The molecule has 0 spiro atoms. The van der Waals surface area contributed by atoms with Crippen LogP contribution in [0.1, 0.15) is 6.85 Å². The number of anilines is 3. The molecule has 5 nitrogen and oxygen atoms in total. The van der Waals surface area contributed by atoms with Crippen LogP contribution in [0.4, 0.5) is 17.1 Å².